The molecule has 1 aromatic carbocycles. The van der Waals surface area contributed by atoms with E-state index in [9.17, 15) is 9.90 Å². The Morgan fingerprint density at radius 1 is 1.07 bits per heavy atom. The molecule has 0 saturated heterocycles. The Hall–Kier alpha value is -1.68. The van der Waals surface area contributed by atoms with Crippen LogP contribution in [0.3, 0.4) is 0 Å². The molecule has 0 spiro atoms. The number of benzene rings is 1. The molecule has 0 amide bonds. The molecule has 4 heteroatoms. The number of rotatable bonds is 1. The summed E-state index contributed by atoms with van der Waals surface area (Å²) in [6.45, 7) is 4.71. The third kappa shape index (κ3) is 2.37. The Morgan fingerprint density at radius 2 is 1.87 bits per heavy atom. The lowest BCUT2D eigenvalue weighted by Crippen LogP contribution is -2.55. The van der Waals surface area contributed by atoms with Gasteiger partial charge in [-0.25, -0.2) is 0 Å². The van der Waals surface area contributed by atoms with Gasteiger partial charge in [-0.2, -0.15) is 0 Å². The quantitative estimate of drug-likeness (QED) is 0.740. The van der Waals surface area contributed by atoms with Gasteiger partial charge in [0.15, 0.2) is 5.78 Å². The topological polar surface area (TPSA) is 58.9 Å². The van der Waals surface area contributed by atoms with Crippen molar-refractivity contribution in [1.82, 2.24) is 0 Å². The average Bonchev–Trinajstić information content (AvgIpc) is 3.26. The highest BCUT2D eigenvalue weighted by atomic mass is 16.6. The Bertz CT molecular complexity index is 897. The molecule has 6 rings (SSSR count). The number of aliphatic hydroxyl groups excluding tert-OH is 1. The summed E-state index contributed by atoms with van der Waals surface area (Å²) >= 11 is 0. The summed E-state index contributed by atoms with van der Waals surface area (Å²) < 4.78 is 0. The Morgan fingerprint density at radius 3 is 2.67 bits per heavy atom. The molecule has 0 bridgehead atoms. The molecule has 0 radical (unpaired) electrons. The maximum atomic E-state index is 13.8. The number of carbonyl (C=O) groups is 1. The molecule has 4 saturated carbocycles. The van der Waals surface area contributed by atoms with Crippen LogP contribution >= 0.6 is 0 Å². The fourth-order valence-corrected chi connectivity index (χ4v) is 8.51. The summed E-state index contributed by atoms with van der Waals surface area (Å²) in [6, 6.07) is 10.1. The fourth-order valence-electron chi connectivity index (χ4n) is 8.51. The van der Waals surface area contributed by atoms with Gasteiger partial charge in [0.25, 0.3) is 0 Å². The van der Waals surface area contributed by atoms with Crippen molar-refractivity contribution in [1.29, 1.82) is 0 Å². The zero-order valence-electron chi connectivity index (χ0n) is 18.1. The number of Topliss-reactive ketones (excluding diaryl/α,β-unsaturated/α-hetero) is 1. The van der Waals surface area contributed by atoms with E-state index in [1.807, 2.05) is 30.3 Å². The number of hydrogen-bond acceptors (Lipinski definition) is 4. The summed E-state index contributed by atoms with van der Waals surface area (Å²) in [5, 5.41) is 14.7. The monoisotopic (exact) mass is 407 g/mol. The molecule has 1 aromatic rings. The highest BCUT2D eigenvalue weighted by Crippen LogP contribution is 2.67. The number of aliphatic hydroxyl groups is 1. The summed E-state index contributed by atoms with van der Waals surface area (Å²) in [4.78, 5) is 19.9. The van der Waals surface area contributed by atoms with Crippen LogP contribution in [0.5, 0.6) is 0 Å². The number of oxime groups is 1. The summed E-state index contributed by atoms with van der Waals surface area (Å²) in [6.07, 6.45) is 7.26. The van der Waals surface area contributed by atoms with E-state index in [-0.39, 0.29) is 29.5 Å². The summed E-state index contributed by atoms with van der Waals surface area (Å²) in [7, 11) is 0. The standard InChI is InChI=1S/C26H33NO3/c1-25-12-10-17(28)14-16(25)8-9-18-19(25)11-13-26(2)21(18)23-20(24(26)29)22(27-30-23)15-6-4-3-5-7-15/h3-7,16-21,23,28H,8-14H2,1-2H3/t16-,17-,18+,19-,20-,21+,23+,25-,26-/m0/s1. The number of hydrogen-bond donors (Lipinski definition) is 1. The minimum Gasteiger partial charge on any atom is -0.393 e. The van der Waals surface area contributed by atoms with Gasteiger partial charge in [-0.3, -0.25) is 4.79 Å². The van der Waals surface area contributed by atoms with Crippen LogP contribution in [0.15, 0.2) is 35.5 Å². The van der Waals surface area contributed by atoms with Gasteiger partial charge in [0.05, 0.1) is 6.10 Å². The van der Waals surface area contributed by atoms with E-state index in [2.05, 4.69) is 19.0 Å². The number of carbonyl (C=O) groups excluding carboxylic acids is 1. The normalized spacial score (nSPS) is 49.4. The van der Waals surface area contributed by atoms with Gasteiger partial charge in [-0.1, -0.05) is 49.3 Å². The van der Waals surface area contributed by atoms with Crippen LogP contribution in [0.2, 0.25) is 0 Å². The van der Waals surface area contributed by atoms with Crippen molar-refractivity contribution >= 4 is 11.5 Å². The first-order valence-corrected chi connectivity index (χ1v) is 11.9. The lowest BCUT2D eigenvalue weighted by atomic mass is 9.45. The van der Waals surface area contributed by atoms with Gasteiger partial charge < -0.3 is 9.94 Å². The van der Waals surface area contributed by atoms with Crippen LogP contribution in [0, 0.1) is 40.4 Å². The van der Waals surface area contributed by atoms with Gasteiger partial charge in [0.2, 0.25) is 0 Å². The van der Waals surface area contributed by atoms with Crippen LogP contribution in [-0.4, -0.2) is 28.8 Å². The minimum absolute atomic E-state index is 0.0974. The molecule has 4 aliphatic carbocycles. The van der Waals surface area contributed by atoms with Gasteiger partial charge >= 0.3 is 0 Å². The van der Waals surface area contributed by atoms with Crippen LogP contribution < -0.4 is 0 Å². The summed E-state index contributed by atoms with van der Waals surface area (Å²) in [5.74, 6) is 2.22. The van der Waals surface area contributed by atoms with Crippen molar-refractivity contribution < 1.29 is 14.7 Å². The van der Waals surface area contributed by atoms with E-state index >= 15 is 0 Å². The van der Waals surface area contributed by atoms with Crippen molar-refractivity contribution in [2.75, 3.05) is 0 Å². The predicted molar refractivity (Wildman–Crippen MR) is 115 cm³/mol. The zero-order valence-corrected chi connectivity index (χ0v) is 18.1. The molecule has 160 valence electrons. The highest BCUT2D eigenvalue weighted by molar-refractivity contribution is 6.17. The molecular weight excluding hydrogens is 374 g/mol. The van der Waals surface area contributed by atoms with E-state index in [4.69, 9.17) is 4.84 Å². The molecule has 5 aliphatic rings. The van der Waals surface area contributed by atoms with E-state index in [1.165, 1.54) is 12.8 Å². The summed E-state index contributed by atoms with van der Waals surface area (Å²) in [5.41, 5.74) is 1.88. The van der Waals surface area contributed by atoms with Gasteiger partial charge in [0, 0.05) is 16.9 Å². The van der Waals surface area contributed by atoms with Gasteiger partial charge in [-0.05, 0) is 68.1 Å². The predicted octanol–water partition coefficient (Wildman–Crippen LogP) is 4.60. The smallest absolute Gasteiger partial charge is 0.152 e. The molecule has 1 heterocycles. The number of nitrogens with zero attached hydrogens (tertiary/aromatic N) is 1. The zero-order chi connectivity index (χ0) is 20.7. The van der Waals surface area contributed by atoms with Crippen molar-refractivity contribution in [2.45, 2.75) is 71.0 Å². The second-order valence-corrected chi connectivity index (χ2v) is 11.2. The SMILES string of the molecule is C[C@]12CC[C@H](O)C[C@@H]1CC[C@H]1[C@@H]3[C@@H]4ON=C(c5ccccc5)[C@@H]4C(=O)[C@@]3(C)CC[C@@H]12. The molecule has 0 aromatic heterocycles. The average molecular weight is 408 g/mol. The molecule has 4 nitrogen and oxygen atoms in total. The van der Waals surface area contributed by atoms with Gasteiger partial charge in [0.1, 0.15) is 17.7 Å². The van der Waals surface area contributed by atoms with E-state index in [0.717, 1.165) is 43.4 Å². The molecular formula is C26H33NO3. The molecule has 1 N–H and O–H groups in total. The van der Waals surface area contributed by atoms with E-state index in [0.29, 0.717) is 29.0 Å². The lowest BCUT2D eigenvalue weighted by molar-refractivity contribution is -0.151. The van der Waals surface area contributed by atoms with Crippen LogP contribution in [0.1, 0.15) is 64.4 Å². The van der Waals surface area contributed by atoms with Crippen molar-refractivity contribution in [3.05, 3.63) is 35.9 Å². The van der Waals surface area contributed by atoms with E-state index in [1.54, 1.807) is 0 Å². The van der Waals surface area contributed by atoms with Crippen molar-refractivity contribution in [2.24, 2.45) is 45.6 Å². The molecule has 1 aliphatic heterocycles. The molecule has 9 atom stereocenters. The van der Waals surface area contributed by atoms with Crippen molar-refractivity contribution in [3.63, 3.8) is 0 Å². The number of fused-ring (bicyclic) bond motifs is 7. The Kier molecular flexibility index (Phi) is 4.07. The molecule has 30 heavy (non-hydrogen) atoms. The Labute approximate surface area is 179 Å². The second kappa shape index (κ2) is 6.41. The van der Waals surface area contributed by atoms with Gasteiger partial charge in [-0.15, -0.1) is 0 Å². The van der Waals surface area contributed by atoms with Crippen LogP contribution in [0.25, 0.3) is 0 Å². The maximum absolute atomic E-state index is 13.8. The maximum Gasteiger partial charge on any atom is 0.152 e. The van der Waals surface area contributed by atoms with Crippen LogP contribution in [-0.2, 0) is 9.63 Å². The number of ketones is 1. The largest absolute Gasteiger partial charge is 0.393 e. The third-order valence-corrected chi connectivity index (χ3v) is 10.1. The molecule has 0 unspecified atom stereocenters. The third-order valence-electron chi connectivity index (χ3n) is 10.1. The molecule has 4 fully saturated rings. The van der Waals surface area contributed by atoms with Crippen LogP contribution in [0.4, 0.5) is 0 Å². The first-order valence-electron chi connectivity index (χ1n) is 11.9. The minimum atomic E-state index is -0.288. The fraction of sp³-hybridized carbons (Fsp3) is 0.692. The van der Waals surface area contributed by atoms with Crippen molar-refractivity contribution in [3.8, 4) is 0 Å². The van der Waals surface area contributed by atoms with E-state index < -0.39 is 0 Å². The highest BCUT2D eigenvalue weighted by Gasteiger charge is 2.69. The Balaban J connectivity index is 1.35. The second-order valence-electron chi connectivity index (χ2n) is 11.2. The first kappa shape index (κ1) is 19.0. The lowest BCUT2D eigenvalue weighted by Gasteiger charge is -2.60. The first-order chi connectivity index (χ1) is 14.4.